The van der Waals surface area contributed by atoms with Crippen LogP contribution in [0.1, 0.15) is 49.7 Å². The number of benzene rings is 2. The Hall–Kier alpha value is -5.00. The highest BCUT2D eigenvalue weighted by atomic mass is 16.5. The van der Waals surface area contributed by atoms with E-state index in [4.69, 9.17) is 4.52 Å². The minimum absolute atomic E-state index is 0.00860. The van der Waals surface area contributed by atoms with E-state index in [-0.39, 0.29) is 18.2 Å². The quantitative estimate of drug-likeness (QED) is 0.391. The average Bonchev–Trinajstić information content (AvgIpc) is 3.74. The van der Waals surface area contributed by atoms with Crippen molar-refractivity contribution < 1.29 is 28.5 Å². The maximum absolute atomic E-state index is 14.0. The molecule has 3 heterocycles. The summed E-state index contributed by atoms with van der Waals surface area (Å²) in [5.41, 5.74) is 1.62. The van der Waals surface area contributed by atoms with Gasteiger partial charge in [0.2, 0.25) is 23.6 Å². The zero-order chi connectivity index (χ0) is 32.8. The predicted octanol–water partition coefficient (Wildman–Crippen LogP) is 2.16. The SMILES string of the molecule is CC(C)[C@@H]1NC(=O)[C@H]2CCCN2C(=O)[C@H](C)NC(=O)CN(C(=O)c2cc(-c3ccccc3)on2)C[C@H](Cc2ccccc2)NC1=O. The van der Waals surface area contributed by atoms with Crippen molar-refractivity contribution in [3.63, 3.8) is 0 Å². The van der Waals surface area contributed by atoms with Crippen LogP contribution in [0.2, 0.25) is 0 Å². The molecule has 242 valence electrons. The summed E-state index contributed by atoms with van der Waals surface area (Å²) in [7, 11) is 0. The summed E-state index contributed by atoms with van der Waals surface area (Å²) in [6, 6.07) is 16.9. The van der Waals surface area contributed by atoms with E-state index in [1.807, 2.05) is 74.5 Å². The molecule has 0 saturated carbocycles. The first-order valence-corrected chi connectivity index (χ1v) is 15.7. The molecule has 46 heavy (non-hydrogen) atoms. The van der Waals surface area contributed by atoms with Gasteiger partial charge in [-0.3, -0.25) is 24.0 Å². The number of aromatic nitrogens is 1. The second kappa shape index (κ2) is 14.4. The lowest BCUT2D eigenvalue weighted by molar-refractivity contribution is -0.142. The number of amides is 5. The number of hydrogen-bond acceptors (Lipinski definition) is 7. The largest absolute Gasteiger partial charge is 0.355 e. The Morgan fingerprint density at radius 3 is 2.35 bits per heavy atom. The Labute approximate surface area is 267 Å². The van der Waals surface area contributed by atoms with Crippen LogP contribution in [0.15, 0.2) is 71.3 Å². The van der Waals surface area contributed by atoms with Crippen LogP contribution in [0.4, 0.5) is 0 Å². The number of nitrogens with one attached hydrogen (secondary N) is 3. The molecule has 3 aromatic rings. The predicted molar refractivity (Wildman–Crippen MR) is 169 cm³/mol. The third kappa shape index (κ3) is 7.61. The molecule has 0 aliphatic carbocycles. The highest BCUT2D eigenvalue weighted by Gasteiger charge is 2.39. The summed E-state index contributed by atoms with van der Waals surface area (Å²) >= 11 is 0. The smallest absolute Gasteiger partial charge is 0.276 e. The van der Waals surface area contributed by atoms with Crippen LogP contribution in [0, 0.1) is 5.92 Å². The van der Waals surface area contributed by atoms with Crippen LogP contribution in [-0.2, 0) is 25.6 Å². The summed E-state index contributed by atoms with van der Waals surface area (Å²) in [4.78, 5) is 70.8. The van der Waals surface area contributed by atoms with Crippen molar-refractivity contribution in [1.29, 1.82) is 0 Å². The van der Waals surface area contributed by atoms with Crippen molar-refractivity contribution in [2.75, 3.05) is 19.6 Å². The second-order valence-corrected chi connectivity index (χ2v) is 12.2. The highest BCUT2D eigenvalue weighted by molar-refractivity contribution is 5.97. The van der Waals surface area contributed by atoms with E-state index in [0.717, 1.165) is 11.1 Å². The van der Waals surface area contributed by atoms with Gasteiger partial charge >= 0.3 is 0 Å². The number of carbonyl (C=O) groups is 5. The van der Waals surface area contributed by atoms with E-state index in [9.17, 15) is 24.0 Å². The van der Waals surface area contributed by atoms with Crippen LogP contribution in [0.25, 0.3) is 11.3 Å². The molecular formula is C34H40N6O6. The molecule has 0 spiro atoms. The monoisotopic (exact) mass is 628 g/mol. The minimum Gasteiger partial charge on any atom is -0.355 e. The highest BCUT2D eigenvalue weighted by Crippen LogP contribution is 2.22. The Bertz CT molecular complexity index is 1560. The molecule has 4 atom stereocenters. The Kier molecular flexibility index (Phi) is 10.1. The number of hydrogen-bond donors (Lipinski definition) is 3. The molecule has 0 bridgehead atoms. The van der Waals surface area contributed by atoms with Gasteiger partial charge in [-0.15, -0.1) is 0 Å². The molecule has 2 aromatic carbocycles. The van der Waals surface area contributed by atoms with Crippen LogP contribution in [0.5, 0.6) is 0 Å². The van der Waals surface area contributed by atoms with Crippen LogP contribution >= 0.6 is 0 Å². The fraction of sp³-hybridized carbons (Fsp3) is 0.412. The number of nitrogens with zero attached hydrogens (tertiary/aromatic N) is 3. The molecule has 2 saturated heterocycles. The maximum Gasteiger partial charge on any atom is 0.276 e. The molecule has 12 nitrogen and oxygen atoms in total. The fourth-order valence-corrected chi connectivity index (χ4v) is 5.97. The minimum atomic E-state index is -0.944. The number of fused-ring (bicyclic) bond motifs is 1. The first-order valence-electron chi connectivity index (χ1n) is 15.7. The summed E-state index contributed by atoms with van der Waals surface area (Å²) in [6.45, 7) is 5.11. The standard InChI is InChI=1S/C34H40N6O6/c1-21(2)30-32(43)36-25(17-23-11-6-4-7-12-23)19-39(34(45)26-18-28(46-38-26)24-13-8-5-9-14-24)20-29(41)35-22(3)33(44)40-16-10-15-27(40)31(42)37-30/h4-9,11-14,18,21-22,25,27,30H,10,15-17,19-20H2,1-3H3,(H,35,41)(H,36,43)(H,37,42)/t22-,25-,27+,30-/m0/s1. The number of rotatable bonds is 5. The van der Waals surface area contributed by atoms with E-state index in [1.54, 1.807) is 6.92 Å². The molecule has 12 heteroatoms. The normalized spacial score (nSPS) is 23.2. The van der Waals surface area contributed by atoms with Crippen molar-refractivity contribution in [3.8, 4) is 11.3 Å². The Morgan fingerprint density at radius 1 is 0.957 bits per heavy atom. The molecule has 1 aromatic heterocycles. The molecule has 0 unspecified atom stereocenters. The molecule has 0 radical (unpaired) electrons. The Balaban J connectivity index is 1.50. The van der Waals surface area contributed by atoms with E-state index < -0.39 is 60.2 Å². The van der Waals surface area contributed by atoms with Gasteiger partial charge in [-0.25, -0.2) is 0 Å². The van der Waals surface area contributed by atoms with E-state index in [0.29, 0.717) is 31.6 Å². The number of carbonyl (C=O) groups excluding carboxylic acids is 5. The summed E-state index contributed by atoms with van der Waals surface area (Å²) in [5.74, 6) is -2.27. The molecule has 2 aliphatic heterocycles. The van der Waals surface area contributed by atoms with E-state index in [2.05, 4.69) is 21.1 Å². The molecule has 5 amide bonds. The van der Waals surface area contributed by atoms with E-state index in [1.165, 1.54) is 15.9 Å². The summed E-state index contributed by atoms with van der Waals surface area (Å²) in [6.07, 6.45) is 1.41. The van der Waals surface area contributed by atoms with Crippen molar-refractivity contribution in [2.24, 2.45) is 5.92 Å². The van der Waals surface area contributed by atoms with Crippen LogP contribution in [0.3, 0.4) is 0 Å². The van der Waals surface area contributed by atoms with Gasteiger partial charge in [0.05, 0.1) is 12.6 Å². The van der Waals surface area contributed by atoms with Crippen molar-refractivity contribution in [3.05, 3.63) is 78.0 Å². The lowest BCUT2D eigenvalue weighted by Gasteiger charge is -2.30. The zero-order valence-electron chi connectivity index (χ0n) is 26.3. The van der Waals surface area contributed by atoms with Crippen molar-refractivity contribution in [1.82, 2.24) is 30.9 Å². The van der Waals surface area contributed by atoms with Crippen molar-refractivity contribution in [2.45, 2.75) is 64.2 Å². The van der Waals surface area contributed by atoms with Crippen molar-refractivity contribution >= 4 is 29.5 Å². The van der Waals surface area contributed by atoms with Crippen LogP contribution < -0.4 is 16.0 Å². The lowest BCUT2D eigenvalue weighted by atomic mass is 10.00. The molecule has 3 N–H and O–H groups in total. The van der Waals surface area contributed by atoms with Gasteiger partial charge < -0.3 is 30.3 Å². The molecule has 2 aliphatic rings. The second-order valence-electron chi connectivity index (χ2n) is 12.2. The maximum atomic E-state index is 14.0. The van der Waals surface area contributed by atoms with Gasteiger partial charge in [0.1, 0.15) is 18.1 Å². The molecule has 2 fully saturated rings. The van der Waals surface area contributed by atoms with Gasteiger partial charge in [-0.05, 0) is 37.7 Å². The van der Waals surface area contributed by atoms with Gasteiger partial charge in [0, 0.05) is 24.7 Å². The first-order chi connectivity index (χ1) is 22.1. The first kappa shape index (κ1) is 32.4. The third-order valence-electron chi connectivity index (χ3n) is 8.35. The molecule has 5 rings (SSSR count). The lowest BCUT2D eigenvalue weighted by Crippen LogP contribution is -2.58. The Morgan fingerprint density at radius 2 is 1.65 bits per heavy atom. The van der Waals surface area contributed by atoms with Gasteiger partial charge in [-0.2, -0.15) is 0 Å². The van der Waals surface area contributed by atoms with Gasteiger partial charge in [-0.1, -0.05) is 79.7 Å². The zero-order valence-corrected chi connectivity index (χ0v) is 26.3. The fourth-order valence-electron chi connectivity index (χ4n) is 5.97. The topological polar surface area (TPSA) is 154 Å². The van der Waals surface area contributed by atoms with Crippen LogP contribution in [-0.4, -0.2) is 88.3 Å². The van der Waals surface area contributed by atoms with E-state index >= 15 is 0 Å². The summed E-state index contributed by atoms with van der Waals surface area (Å²) in [5, 5.41) is 12.6. The summed E-state index contributed by atoms with van der Waals surface area (Å²) < 4.78 is 5.47. The molecular weight excluding hydrogens is 588 g/mol. The van der Waals surface area contributed by atoms with Gasteiger partial charge in [0.25, 0.3) is 5.91 Å². The average molecular weight is 629 g/mol. The third-order valence-corrected chi connectivity index (χ3v) is 8.35. The van der Waals surface area contributed by atoms with Gasteiger partial charge in [0.15, 0.2) is 11.5 Å².